The number of fused-ring (bicyclic) bond motifs is 1. The van der Waals surface area contributed by atoms with Crippen LogP contribution in [0.5, 0.6) is 0 Å². The maximum atomic E-state index is 13.7. The van der Waals surface area contributed by atoms with Crippen molar-refractivity contribution in [2.24, 2.45) is 11.3 Å². The van der Waals surface area contributed by atoms with Crippen molar-refractivity contribution in [2.45, 2.75) is 95.3 Å². The third kappa shape index (κ3) is 5.06. The van der Waals surface area contributed by atoms with Gasteiger partial charge in [-0.2, -0.15) is 0 Å². The SMILES string of the molecule is CC(=O)OC[C@]12[C@@H](OC(=O)c3ccoc3)[C@H](OC(=O)c3ccoc3)[C@@H]3[C@@H](O)[C@]1(OC3(C)C)[C@@](C)(O)C[C@H](OC(C)=O)[C@@H]2OC(C)=O. The highest BCUT2D eigenvalue weighted by atomic mass is 16.6. The molecule has 2 saturated carbocycles. The van der Waals surface area contributed by atoms with Crippen molar-refractivity contribution < 1.29 is 71.4 Å². The third-order valence-electron chi connectivity index (χ3n) is 9.19. The average Bonchev–Trinajstić information content (AvgIpc) is 3.69. The molecule has 2 bridgehead atoms. The summed E-state index contributed by atoms with van der Waals surface area (Å²) in [5, 5.41) is 24.7. The molecule has 1 saturated heterocycles. The Labute approximate surface area is 263 Å². The van der Waals surface area contributed by atoms with E-state index in [0.717, 1.165) is 33.3 Å². The van der Waals surface area contributed by atoms with Crippen LogP contribution in [0.15, 0.2) is 46.0 Å². The lowest BCUT2D eigenvalue weighted by atomic mass is 9.45. The number of aliphatic hydroxyl groups excluding tert-OH is 1. The van der Waals surface area contributed by atoms with E-state index in [1.54, 1.807) is 13.8 Å². The Balaban J connectivity index is 1.84. The zero-order valence-corrected chi connectivity index (χ0v) is 26.0. The summed E-state index contributed by atoms with van der Waals surface area (Å²) in [4.78, 5) is 64.8. The van der Waals surface area contributed by atoms with Crippen molar-refractivity contribution in [3.63, 3.8) is 0 Å². The van der Waals surface area contributed by atoms with Gasteiger partial charge in [0.15, 0.2) is 12.2 Å². The lowest BCUT2D eigenvalue weighted by Gasteiger charge is -2.66. The summed E-state index contributed by atoms with van der Waals surface area (Å²) in [5.41, 5.74) is -8.26. The van der Waals surface area contributed by atoms with Crippen molar-refractivity contribution in [3.05, 3.63) is 48.3 Å². The molecule has 0 unspecified atom stereocenters. The van der Waals surface area contributed by atoms with Gasteiger partial charge in [0.1, 0.15) is 42.4 Å². The van der Waals surface area contributed by atoms with E-state index in [9.17, 15) is 34.2 Å². The van der Waals surface area contributed by atoms with Crippen molar-refractivity contribution in [3.8, 4) is 0 Å². The van der Waals surface area contributed by atoms with Crippen LogP contribution in [0.3, 0.4) is 0 Å². The van der Waals surface area contributed by atoms with Gasteiger partial charge in [-0.1, -0.05) is 0 Å². The highest BCUT2D eigenvalue weighted by Gasteiger charge is 2.88. The molecule has 15 nitrogen and oxygen atoms in total. The second kappa shape index (κ2) is 11.5. The van der Waals surface area contributed by atoms with Crippen molar-refractivity contribution in [1.82, 2.24) is 0 Å². The first-order chi connectivity index (χ1) is 21.5. The van der Waals surface area contributed by atoms with Gasteiger partial charge in [-0.25, -0.2) is 9.59 Å². The minimum absolute atomic E-state index is 0.0260. The molecule has 2 aromatic heterocycles. The first-order valence-corrected chi connectivity index (χ1v) is 14.5. The van der Waals surface area contributed by atoms with Crippen LogP contribution in [-0.2, 0) is 42.8 Å². The summed E-state index contributed by atoms with van der Waals surface area (Å²) in [7, 11) is 0. The van der Waals surface area contributed by atoms with Crippen LogP contribution in [0.2, 0.25) is 0 Å². The van der Waals surface area contributed by atoms with Crippen LogP contribution in [0, 0.1) is 11.3 Å². The number of hydrogen-bond donors (Lipinski definition) is 2. The van der Waals surface area contributed by atoms with E-state index in [1.165, 1.54) is 31.6 Å². The molecule has 1 aliphatic heterocycles. The number of carbonyl (C=O) groups excluding carboxylic acids is 5. The van der Waals surface area contributed by atoms with E-state index in [2.05, 4.69) is 0 Å². The van der Waals surface area contributed by atoms with Gasteiger partial charge in [0.25, 0.3) is 0 Å². The molecular weight excluding hydrogens is 612 g/mol. The number of furan rings is 2. The monoisotopic (exact) mass is 648 g/mol. The molecule has 2 aliphatic carbocycles. The summed E-state index contributed by atoms with van der Waals surface area (Å²) >= 11 is 0. The summed E-state index contributed by atoms with van der Waals surface area (Å²) in [5.74, 6) is -5.73. The lowest BCUT2D eigenvalue weighted by Crippen LogP contribution is -2.85. The standard InChI is InChI=1S/C31H36O15/c1-15(32)41-14-30-24(43-17(3)34)20(42-16(2)33)11-29(6,38)31(30)23(35)21(28(4,5)46-31)22(44-26(36)18-7-9-39-12-18)25(30)45-27(37)19-8-10-40-13-19/h7-10,12-13,20-25,35,38H,11,14H2,1-6H3/t20-,21+,22+,23+,24-,25-,29-,30-,31-/m0/s1. The Hall–Kier alpha value is -4.21. The molecule has 2 aromatic rings. The van der Waals surface area contributed by atoms with Gasteiger partial charge in [-0.05, 0) is 32.9 Å². The Morgan fingerprint density at radius 1 is 0.826 bits per heavy atom. The van der Waals surface area contributed by atoms with Crippen molar-refractivity contribution in [1.29, 1.82) is 0 Å². The van der Waals surface area contributed by atoms with E-state index < -0.39 is 102 Å². The van der Waals surface area contributed by atoms with E-state index >= 15 is 0 Å². The van der Waals surface area contributed by atoms with Crippen LogP contribution < -0.4 is 0 Å². The zero-order chi connectivity index (χ0) is 33.8. The van der Waals surface area contributed by atoms with Gasteiger partial charge >= 0.3 is 29.8 Å². The fourth-order valence-electron chi connectivity index (χ4n) is 7.71. The Bertz CT molecular complexity index is 1490. The number of hydrogen-bond acceptors (Lipinski definition) is 15. The van der Waals surface area contributed by atoms with Gasteiger partial charge in [0.05, 0.1) is 46.9 Å². The molecule has 0 amide bonds. The minimum Gasteiger partial charge on any atom is -0.472 e. The number of carbonyl (C=O) groups is 5. The quantitative estimate of drug-likeness (QED) is 0.309. The summed E-state index contributed by atoms with van der Waals surface area (Å²) in [6, 6.07) is 2.63. The Kier molecular flexibility index (Phi) is 8.32. The average molecular weight is 649 g/mol. The van der Waals surface area contributed by atoms with Gasteiger partial charge in [0, 0.05) is 27.2 Å². The molecular formula is C31H36O15. The highest BCUT2D eigenvalue weighted by Crippen LogP contribution is 2.69. The maximum absolute atomic E-state index is 13.7. The molecule has 15 heteroatoms. The van der Waals surface area contributed by atoms with Gasteiger partial charge < -0.3 is 47.5 Å². The first-order valence-electron chi connectivity index (χ1n) is 14.5. The number of esters is 5. The number of rotatable bonds is 8. The highest BCUT2D eigenvalue weighted by molar-refractivity contribution is 5.90. The molecule has 3 aliphatic rings. The second-order valence-electron chi connectivity index (χ2n) is 12.6. The largest absolute Gasteiger partial charge is 0.472 e. The van der Waals surface area contributed by atoms with Crippen LogP contribution >= 0.6 is 0 Å². The normalized spacial score (nSPS) is 35.7. The Morgan fingerprint density at radius 2 is 1.39 bits per heavy atom. The Morgan fingerprint density at radius 3 is 1.89 bits per heavy atom. The molecule has 46 heavy (non-hydrogen) atoms. The molecule has 9 atom stereocenters. The van der Waals surface area contributed by atoms with E-state index in [0.29, 0.717) is 0 Å². The molecule has 0 aromatic carbocycles. The summed E-state index contributed by atoms with van der Waals surface area (Å²) in [6.45, 7) is 6.85. The molecule has 3 fully saturated rings. The van der Waals surface area contributed by atoms with Crippen LogP contribution in [-0.4, -0.2) is 94.0 Å². The van der Waals surface area contributed by atoms with E-state index in [-0.39, 0.29) is 11.1 Å². The fourth-order valence-corrected chi connectivity index (χ4v) is 7.71. The predicted molar refractivity (Wildman–Crippen MR) is 149 cm³/mol. The molecule has 250 valence electrons. The smallest absolute Gasteiger partial charge is 0.341 e. The van der Waals surface area contributed by atoms with Crippen molar-refractivity contribution >= 4 is 29.8 Å². The van der Waals surface area contributed by atoms with Gasteiger partial charge in [-0.3, -0.25) is 14.4 Å². The van der Waals surface area contributed by atoms with E-state index in [4.69, 9.17) is 37.3 Å². The summed E-state index contributed by atoms with van der Waals surface area (Å²) in [6.07, 6.45) is -4.10. The van der Waals surface area contributed by atoms with Crippen LogP contribution in [0.25, 0.3) is 0 Å². The molecule has 1 spiro atoms. The summed E-state index contributed by atoms with van der Waals surface area (Å²) < 4.78 is 45.8. The molecule has 5 rings (SSSR count). The minimum atomic E-state index is -2.30. The topological polar surface area (TPSA) is 207 Å². The lowest BCUT2D eigenvalue weighted by molar-refractivity contribution is -0.362. The van der Waals surface area contributed by atoms with Crippen LogP contribution in [0.1, 0.15) is 68.7 Å². The zero-order valence-electron chi connectivity index (χ0n) is 26.0. The van der Waals surface area contributed by atoms with Gasteiger partial charge in [-0.15, -0.1) is 0 Å². The maximum Gasteiger partial charge on any atom is 0.341 e. The van der Waals surface area contributed by atoms with Crippen LogP contribution in [0.4, 0.5) is 0 Å². The predicted octanol–water partition coefficient (Wildman–Crippen LogP) is 1.73. The number of aliphatic hydroxyl groups is 2. The fraction of sp³-hybridized carbons (Fsp3) is 0.581. The number of ether oxygens (including phenoxy) is 6. The first kappa shape index (κ1) is 33.2. The van der Waals surface area contributed by atoms with Crippen molar-refractivity contribution in [2.75, 3.05) is 6.61 Å². The molecule has 3 heterocycles. The second-order valence-corrected chi connectivity index (χ2v) is 12.6. The molecule has 2 N–H and O–H groups in total. The third-order valence-corrected chi connectivity index (χ3v) is 9.19. The molecule has 0 radical (unpaired) electrons. The van der Waals surface area contributed by atoms with Gasteiger partial charge in [0.2, 0.25) is 0 Å². The van der Waals surface area contributed by atoms with E-state index in [1.807, 2.05) is 0 Å².